The van der Waals surface area contributed by atoms with Gasteiger partial charge in [-0.2, -0.15) is 0 Å². The quantitative estimate of drug-likeness (QED) is 0.560. The molecule has 0 aliphatic carbocycles. The Morgan fingerprint density at radius 1 is 1.38 bits per heavy atom. The first kappa shape index (κ1) is 9.80. The zero-order valence-electron chi connectivity index (χ0n) is 6.92. The third-order valence-electron chi connectivity index (χ3n) is 1.36. The number of amidine groups is 1. The lowest BCUT2D eigenvalue weighted by Crippen LogP contribution is -2.05. The maximum atomic E-state index is 6.94. The number of anilines is 1. The van der Waals surface area contributed by atoms with E-state index < -0.39 is 0 Å². The van der Waals surface area contributed by atoms with Crippen LogP contribution < -0.4 is 11.1 Å². The van der Waals surface area contributed by atoms with Gasteiger partial charge in [-0.1, -0.05) is 15.9 Å². The molecular formula is C9H10BrN3. The van der Waals surface area contributed by atoms with Crippen LogP contribution in [0.5, 0.6) is 0 Å². The molecule has 0 amide bonds. The lowest BCUT2D eigenvalue weighted by atomic mass is 10.3. The molecule has 1 aromatic rings. The predicted molar refractivity (Wildman–Crippen MR) is 58.8 cm³/mol. The van der Waals surface area contributed by atoms with Gasteiger partial charge in [0.25, 0.3) is 0 Å². The van der Waals surface area contributed by atoms with Crippen LogP contribution in [0, 0.1) is 5.41 Å². The molecule has 13 heavy (non-hydrogen) atoms. The molecule has 0 saturated carbocycles. The van der Waals surface area contributed by atoms with Crippen molar-refractivity contribution in [3.63, 3.8) is 0 Å². The van der Waals surface area contributed by atoms with E-state index in [2.05, 4.69) is 21.2 Å². The van der Waals surface area contributed by atoms with Crippen LogP contribution in [0.2, 0.25) is 0 Å². The maximum Gasteiger partial charge on any atom is 0.116 e. The van der Waals surface area contributed by atoms with E-state index in [9.17, 15) is 0 Å². The van der Waals surface area contributed by atoms with E-state index in [4.69, 9.17) is 11.1 Å². The maximum absolute atomic E-state index is 6.94. The van der Waals surface area contributed by atoms with Crippen LogP contribution in [0.15, 0.2) is 41.0 Å². The molecule has 0 aliphatic rings. The van der Waals surface area contributed by atoms with Crippen molar-refractivity contribution in [3.05, 3.63) is 41.0 Å². The molecule has 0 saturated heterocycles. The largest absolute Gasteiger partial charge is 0.384 e. The van der Waals surface area contributed by atoms with E-state index in [-0.39, 0.29) is 5.84 Å². The summed E-state index contributed by atoms with van der Waals surface area (Å²) < 4.78 is 1.04. The Morgan fingerprint density at radius 3 is 2.54 bits per heavy atom. The molecule has 3 nitrogen and oxygen atoms in total. The first-order valence-corrected chi connectivity index (χ1v) is 4.50. The van der Waals surface area contributed by atoms with Crippen LogP contribution in [0.4, 0.5) is 5.69 Å². The molecule has 4 N–H and O–H groups in total. The summed E-state index contributed by atoms with van der Waals surface area (Å²) in [5.74, 6) is 0.0320. The van der Waals surface area contributed by atoms with E-state index in [1.807, 2.05) is 24.3 Å². The van der Waals surface area contributed by atoms with Crippen molar-refractivity contribution in [1.29, 1.82) is 5.41 Å². The highest BCUT2D eigenvalue weighted by Crippen LogP contribution is 2.13. The number of rotatable bonds is 3. The third kappa shape index (κ3) is 3.75. The number of nitrogens with one attached hydrogen (secondary N) is 2. The molecule has 0 fully saturated rings. The third-order valence-corrected chi connectivity index (χ3v) is 1.89. The summed E-state index contributed by atoms with van der Waals surface area (Å²) in [5.41, 5.74) is 6.09. The summed E-state index contributed by atoms with van der Waals surface area (Å²) in [5, 5.41) is 9.92. The van der Waals surface area contributed by atoms with Crippen molar-refractivity contribution < 1.29 is 0 Å². The van der Waals surface area contributed by atoms with Crippen LogP contribution in [-0.2, 0) is 0 Å². The van der Waals surface area contributed by atoms with Crippen LogP contribution in [0.1, 0.15) is 0 Å². The zero-order chi connectivity index (χ0) is 9.68. The highest BCUT2D eigenvalue weighted by molar-refractivity contribution is 9.10. The van der Waals surface area contributed by atoms with Gasteiger partial charge in [-0.3, -0.25) is 5.41 Å². The minimum absolute atomic E-state index is 0.0320. The highest BCUT2D eigenvalue weighted by atomic mass is 79.9. The van der Waals surface area contributed by atoms with Gasteiger partial charge in [-0.15, -0.1) is 0 Å². The smallest absolute Gasteiger partial charge is 0.116 e. The van der Waals surface area contributed by atoms with Gasteiger partial charge in [0.05, 0.1) is 0 Å². The van der Waals surface area contributed by atoms with Crippen molar-refractivity contribution >= 4 is 27.5 Å². The van der Waals surface area contributed by atoms with Crippen LogP contribution in [0.25, 0.3) is 0 Å². The lowest BCUT2D eigenvalue weighted by molar-refractivity contribution is 1.46. The highest BCUT2D eigenvalue weighted by Gasteiger charge is 1.87. The number of nitrogens with two attached hydrogens (primary N) is 1. The Balaban J connectivity index is 2.55. The van der Waals surface area contributed by atoms with Gasteiger partial charge in [0.15, 0.2) is 0 Å². The van der Waals surface area contributed by atoms with Gasteiger partial charge >= 0.3 is 0 Å². The molecular weight excluding hydrogens is 230 g/mol. The first-order chi connectivity index (χ1) is 6.18. The number of benzene rings is 1. The molecule has 1 aromatic carbocycles. The summed E-state index contributed by atoms with van der Waals surface area (Å²) in [7, 11) is 0. The second-order valence-corrected chi connectivity index (χ2v) is 3.36. The number of hydrogen-bond acceptors (Lipinski definition) is 2. The van der Waals surface area contributed by atoms with Gasteiger partial charge in [-0.25, -0.2) is 0 Å². The van der Waals surface area contributed by atoms with Crippen molar-refractivity contribution in [2.24, 2.45) is 5.73 Å². The summed E-state index contributed by atoms with van der Waals surface area (Å²) in [6.07, 6.45) is 3.12. The Hall–Kier alpha value is -1.29. The second-order valence-electron chi connectivity index (χ2n) is 2.44. The molecule has 0 spiro atoms. The van der Waals surface area contributed by atoms with Gasteiger partial charge in [0.1, 0.15) is 5.84 Å². The van der Waals surface area contributed by atoms with Crippen LogP contribution in [-0.4, -0.2) is 5.84 Å². The predicted octanol–water partition coefficient (Wildman–Crippen LogP) is 2.31. The fourth-order valence-corrected chi connectivity index (χ4v) is 1.04. The van der Waals surface area contributed by atoms with E-state index in [1.165, 1.54) is 6.08 Å². The first-order valence-electron chi connectivity index (χ1n) is 3.71. The average Bonchev–Trinajstić information content (AvgIpc) is 2.08. The molecule has 0 aliphatic heterocycles. The fourth-order valence-electron chi connectivity index (χ4n) is 0.774. The summed E-state index contributed by atoms with van der Waals surface area (Å²) in [4.78, 5) is 0. The second kappa shape index (κ2) is 4.67. The number of halogens is 1. The average molecular weight is 240 g/mol. The zero-order valence-corrected chi connectivity index (χ0v) is 8.51. The lowest BCUT2D eigenvalue weighted by Gasteiger charge is -1.99. The standard InChI is InChI=1S/C9H10BrN3/c10-7-1-3-8(4-2-7)13-6-5-9(11)12/h1-6,13H,(H3,11,12)/b6-5-. The molecule has 0 heterocycles. The molecule has 0 unspecified atom stereocenters. The Kier molecular flexibility index (Phi) is 3.52. The van der Waals surface area contributed by atoms with Gasteiger partial charge < -0.3 is 11.1 Å². The minimum Gasteiger partial charge on any atom is -0.384 e. The van der Waals surface area contributed by atoms with Crippen molar-refractivity contribution in [2.75, 3.05) is 5.32 Å². The summed E-state index contributed by atoms with van der Waals surface area (Å²) in [6.45, 7) is 0. The Labute approximate surface area is 85.3 Å². The topological polar surface area (TPSA) is 61.9 Å². The molecule has 0 atom stereocenters. The molecule has 68 valence electrons. The van der Waals surface area contributed by atoms with Gasteiger partial charge in [-0.05, 0) is 30.3 Å². The van der Waals surface area contributed by atoms with Crippen molar-refractivity contribution in [2.45, 2.75) is 0 Å². The van der Waals surface area contributed by atoms with Crippen molar-refractivity contribution in [3.8, 4) is 0 Å². The van der Waals surface area contributed by atoms with E-state index in [0.717, 1.165) is 10.2 Å². The molecule has 0 bridgehead atoms. The minimum atomic E-state index is 0.0320. The fraction of sp³-hybridized carbons (Fsp3) is 0. The van der Waals surface area contributed by atoms with E-state index in [0.29, 0.717) is 0 Å². The molecule has 1 rings (SSSR count). The normalized spacial score (nSPS) is 10.2. The van der Waals surface area contributed by atoms with E-state index >= 15 is 0 Å². The molecule has 0 aromatic heterocycles. The Morgan fingerprint density at radius 2 is 2.00 bits per heavy atom. The summed E-state index contributed by atoms with van der Waals surface area (Å²) in [6, 6.07) is 7.72. The number of hydrogen-bond donors (Lipinski definition) is 3. The van der Waals surface area contributed by atoms with Gasteiger partial charge in [0.2, 0.25) is 0 Å². The SMILES string of the molecule is N=C(N)/C=C\Nc1ccc(Br)cc1. The molecule has 4 heteroatoms. The van der Waals surface area contributed by atoms with Gasteiger partial charge in [0, 0.05) is 16.4 Å². The summed E-state index contributed by atoms with van der Waals surface area (Å²) >= 11 is 3.34. The monoisotopic (exact) mass is 239 g/mol. The van der Waals surface area contributed by atoms with Crippen LogP contribution >= 0.6 is 15.9 Å². The Bertz CT molecular complexity index is 316. The van der Waals surface area contributed by atoms with Crippen LogP contribution in [0.3, 0.4) is 0 Å². The molecule has 0 radical (unpaired) electrons. The van der Waals surface area contributed by atoms with Crippen molar-refractivity contribution in [1.82, 2.24) is 0 Å². The van der Waals surface area contributed by atoms with E-state index in [1.54, 1.807) is 6.20 Å².